The molecule has 1 aromatic rings. The highest BCUT2D eigenvalue weighted by molar-refractivity contribution is 5.82. The summed E-state index contributed by atoms with van der Waals surface area (Å²) in [5, 5.41) is 22.4. The number of phenolic OH excluding ortho intramolecular Hbond substituents is 1. The second kappa shape index (κ2) is 6.86. The number of likely N-dealkylation sites (tertiary alicyclic amines) is 1. The number of hydrogen-bond donors (Lipinski definition) is 2. The number of esters is 2. The average molecular weight is 469 g/mol. The van der Waals surface area contributed by atoms with Crippen molar-refractivity contribution in [2.75, 3.05) is 13.6 Å². The molecule has 4 aliphatic rings. The molecule has 1 aromatic carbocycles. The van der Waals surface area contributed by atoms with Crippen molar-refractivity contribution in [1.82, 2.24) is 4.90 Å². The number of rotatable bonds is 3. The highest BCUT2D eigenvalue weighted by Gasteiger charge is 2.72. The molecule has 2 N–H and O–H groups in total. The van der Waals surface area contributed by atoms with E-state index in [0.29, 0.717) is 24.9 Å². The van der Waals surface area contributed by atoms with Crippen LogP contribution in [0.1, 0.15) is 30.9 Å². The zero-order valence-electron chi connectivity index (χ0n) is 17.8. The molecule has 2 bridgehead atoms. The van der Waals surface area contributed by atoms with Gasteiger partial charge in [-0.15, -0.1) is 0 Å². The molecule has 1 fully saturated rings. The van der Waals surface area contributed by atoms with Gasteiger partial charge >= 0.3 is 18.1 Å². The van der Waals surface area contributed by atoms with Gasteiger partial charge in [-0.3, -0.25) is 0 Å². The monoisotopic (exact) mass is 469 g/mol. The average Bonchev–Trinajstić information content (AvgIpc) is 3.09. The van der Waals surface area contributed by atoms with Gasteiger partial charge in [-0.05, 0) is 51.1 Å². The van der Waals surface area contributed by atoms with Crippen molar-refractivity contribution in [3.05, 3.63) is 35.1 Å². The van der Waals surface area contributed by atoms with E-state index >= 15 is 0 Å². The van der Waals surface area contributed by atoms with E-state index in [4.69, 9.17) is 9.47 Å². The van der Waals surface area contributed by atoms with Crippen LogP contribution in [0, 0.1) is 0 Å². The Bertz CT molecular complexity index is 1090. The van der Waals surface area contributed by atoms with Crippen LogP contribution in [0.25, 0.3) is 0 Å². The number of aliphatic hydroxyl groups is 1. The van der Waals surface area contributed by atoms with Crippen LogP contribution in [0.4, 0.5) is 13.2 Å². The SMILES string of the molecule is CC(OC(=O)C(F)(F)F)C(=O)OC1=CC[C@@]2(O)C3Cc4ccc(O)c5c4[C@@]2(CCN3C)[C@H]1O5. The summed E-state index contributed by atoms with van der Waals surface area (Å²) in [5.41, 5.74) is -0.701. The molecule has 0 amide bonds. The van der Waals surface area contributed by atoms with E-state index in [2.05, 4.69) is 9.64 Å². The number of carbonyl (C=O) groups excluding carboxylic acids is 2. The van der Waals surface area contributed by atoms with Crippen LogP contribution in [0.2, 0.25) is 0 Å². The van der Waals surface area contributed by atoms with Crippen molar-refractivity contribution in [3.63, 3.8) is 0 Å². The third-order valence-corrected chi connectivity index (χ3v) is 7.42. The molecular weight excluding hydrogens is 447 g/mol. The van der Waals surface area contributed by atoms with Crippen LogP contribution in [0.3, 0.4) is 0 Å². The zero-order valence-corrected chi connectivity index (χ0v) is 17.8. The van der Waals surface area contributed by atoms with Crippen LogP contribution in [-0.4, -0.2) is 70.7 Å². The first-order chi connectivity index (χ1) is 15.4. The van der Waals surface area contributed by atoms with Gasteiger partial charge in [0.1, 0.15) is 5.76 Å². The second-order valence-corrected chi connectivity index (χ2v) is 9.07. The molecule has 1 spiro atoms. The van der Waals surface area contributed by atoms with Crippen molar-refractivity contribution in [2.24, 2.45) is 0 Å². The van der Waals surface area contributed by atoms with Gasteiger partial charge in [0.25, 0.3) is 0 Å². The van der Waals surface area contributed by atoms with E-state index in [9.17, 15) is 33.0 Å². The first-order valence-electron chi connectivity index (χ1n) is 10.5. The summed E-state index contributed by atoms with van der Waals surface area (Å²) in [6.45, 7) is 1.59. The Morgan fingerprint density at radius 1 is 1.33 bits per heavy atom. The van der Waals surface area contributed by atoms with Gasteiger partial charge in [-0.2, -0.15) is 13.2 Å². The van der Waals surface area contributed by atoms with E-state index in [-0.39, 0.29) is 29.7 Å². The highest BCUT2D eigenvalue weighted by atomic mass is 19.4. The van der Waals surface area contributed by atoms with Crippen molar-refractivity contribution < 1.29 is 47.2 Å². The van der Waals surface area contributed by atoms with E-state index in [0.717, 1.165) is 12.5 Å². The van der Waals surface area contributed by atoms with E-state index in [1.54, 1.807) is 6.07 Å². The van der Waals surface area contributed by atoms with Crippen molar-refractivity contribution in [2.45, 2.75) is 61.6 Å². The summed E-state index contributed by atoms with van der Waals surface area (Å²) in [7, 11) is 1.92. The summed E-state index contributed by atoms with van der Waals surface area (Å²) < 4.78 is 53.1. The quantitative estimate of drug-likeness (QED) is 0.645. The number of phenols is 1. The largest absolute Gasteiger partial charge is 0.504 e. The molecular formula is C22H22F3NO7. The van der Waals surface area contributed by atoms with Gasteiger partial charge in [0, 0.05) is 18.0 Å². The second-order valence-electron chi connectivity index (χ2n) is 9.07. The Labute approximate surface area is 186 Å². The molecule has 2 unspecified atom stereocenters. The van der Waals surface area contributed by atoms with Crippen molar-refractivity contribution in [1.29, 1.82) is 0 Å². The van der Waals surface area contributed by atoms with E-state index in [1.165, 1.54) is 12.1 Å². The topological polar surface area (TPSA) is 106 Å². The molecule has 2 aliphatic heterocycles. The summed E-state index contributed by atoms with van der Waals surface area (Å²) in [4.78, 5) is 25.6. The Morgan fingerprint density at radius 2 is 2.06 bits per heavy atom. The third kappa shape index (κ3) is 2.84. The van der Waals surface area contributed by atoms with Gasteiger partial charge in [0.2, 0.25) is 0 Å². The third-order valence-electron chi connectivity index (χ3n) is 7.42. The molecule has 33 heavy (non-hydrogen) atoms. The summed E-state index contributed by atoms with van der Waals surface area (Å²) in [6.07, 6.45) is -5.47. The van der Waals surface area contributed by atoms with Crippen LogP contribution in [0.15, 0.2) is 24.0 Å². The molecule has 178 valence electrons. The van der Waals surface area contributed by atoms with Gasteiger partial charge < -0.3 is 29.3 Å². The lowest BCUT2D eigenvalue weighted by molar-refractivity contribution is -0.207. The Balaban J connectivity index is 1.51. The normalized spacial score (nSPS) is 32.8. The number of aromatic hydroxyl groups is 1. The molecule has 0 aromatic heterocycles. The zero-order chi connectivity index (χ0) is 23.9. The fourth-order valence-electron chi connectivity index (χ4n) is 5.91. The van der Waals surface area contributed by atoms with Gasteiger partial charge in [-0.25, -0.2) is 9.59 Å². The van der Waals surface area contributed by atoms with Gasteiger partial charge in [0.15, 0.2) is 23.7 Å². The molecule has 0 saturated carbocycles. The number of likely N-dealkylation sites (N-methyl/N-ethyl adjacent to an activating group) is 1. The number of hydrogen-bond acceptors (Lipinski definition) is 8. The lowest BCUT2D eigenvalue weighted by Crippen LogP contribution is -2.74. The fraction of sp³-hybridized carbons (Fsp3) is 0.545. The van der Waals surface area contributed by atoms with Crippen LogP contribution in [-0.2, 0) is 30.9 Å². The number of carbonyl (C=O) groups is 2. The highest BCUT2D eigenvalue weighted by Crippen LogP contribution is 2.65. The number of piperidine rings is 1. The Morgan fingerprint density at radius 3 is 2.76 bits per heavy atom. The lowest BCUT2D eigenvalue weighted by Gasteiger charge is -2.61. The van der Waals surface area contributed by atoms with Gasteiger partial charge in [0.05, 0.1) is 11.0 Å². The van der Waals surface area contributed by atoms with E-state index in [1.807, 2.05) is 7.05 Å². The Hall–Kier alpha value is -2.79. The number of ether oxygens (including phenoxy) is 3. The minimum Gasteiger partial charge on any atom is -0.504 e. The maximum Gasteiger partial charge on any atom is 0.490 e. The maximum atomic E-state index is 12.5. The smallest absolute Gasteiger partial charge is 0.490 e. The minimum absolute atomic E-state index is 0.00587. The summed E-state index contributed by atoms with van der Waals surface area (Å²) in [5.74, 6) is -3.60. The van der Waals surface area contributed by atoms with E-state index < -0.39 is 41.3 Å². The molecule has 8 nitrogen and oxygen atoms in total. The standard InChI is InChI=1S/C22H22F3NO7/c1-10(31-19(29)22(23,24)25)18(28)32-13-5-6-21(30)14-9-11-3-4-12(27)16-15(11)20(21,17(13)33-16)7-8-26(14)2/h3-5,10,14,17,27,30H,6-9H2,1-2H3/t10?,14?,17-,20-,21+/m0/s1. The fourth-order valence-corrected chi connectivity index (χ4v) is 5.91. The number of halogens is 3. The molecule has 5 atom stereocenters. The predicted octanol–water partition coefficient (Wildman–Crippen LogP) is 1.71. The van der Waals surface area contributed by atoms with Gasteiger partial charge in [-0.1, -0.05) is 6.07 Å². The van der Waals surface area contributed by atoms with Crippen LogP contribution < -0.4 is 4.74 Å². The molecule has 1 saturated heterocycles. The van der Waals surface area contributed by atoms with Crippen molar-refractivity contribution in [3.8, 4) is 11.5 Å². The molecule has 2 aliphatic carbocycles. The summed E-state index contributed by atoms with van der Waals surface area (Å²) >= 11 is 0. The lowest BCUT2D eigenvalue weighted by atomic mass is 9.50. The molecule has 5 rings (SSSR count). The molecule has 0 radical (unpaired) electrons. The van der Waals surface area contributed by atoms with Crippen LogP contribution >= 0.6 is 0 Å². The van der Waals surface area contributed by atoms with Crippen LogP contribution in [0.5, 0.6) is 11.5 Å². The predicted molar refractivity (Wildman–Crippen MR) is 104 cm³/mol. The maximum absolute atomic E-state index is 12.5. The molecule has 11 heteroatoms. The first-order valence-corrected chi connectivity index (χ1v) is 10.5. The summed E-state index contributed by atoms with van der Waals surface area (Å²) in [6, 6.07) is 3.05. The molecule has 2 heterocycles. The first kappa shape index (κ1) is 22.0. The number of alkyl halides is 3. The van der Waals surface area contributed by atoms with Crippen molar-refractivity contribution >= 4 is 11.9 Å². The minimum atomic E-state index is -5.25. The number of benzene rings is 1. The Kier molecular flexibility index (Phi) is 4.58. The number of nitrogens with zero attached hydrogens (tertiary/aromatic N) is 1.